The standard InChI is InChI=1S/C16H16O4/c1-3-19-16(17)15-14(20-15)13-11-7-5-4-6-10(11)8-9-12(13)18-2/h4-9,14-15H,3H2,1-2H3. The van der Waals surface area contributed by atoms with Crippen molar-refractivity contribution < 1.29 is 19.0 Å². The Morgan fingerprint density at radius 3 is 2.80 bits per heavy atom. The summed E-state index contributed by atoms with van der Waals surface area (Å²) >= 11 is 0. The molecular formula is C16H16O4. The lowest BCUT2D eigenvalue weighted by atomic mass is 9.99. The van der Waals surface area contributed by atoms with Crippen LogP contribution in [-0.2, 0) is 14.3 Å². The first-order chi connectivity index (χ1) is 9.76. The van der Waals surface area contributed by atoms with Crippen LogP contribution in [0.25, 0.3) is 10.8 Å². The highest BCUT2D eigenvalue weighted by Crippen LogP contribution is 2.46. The maximum Gasteiger partial charge on any atom is 0.338 e. The highest BCUT2D eigenvalue weighted by molar-refractivity contribution is 5.90. The van der Waals surface area contributed by atoms with Crippen molar-refractivity contribution in [1.82, 2.24) is 0 Å². The maximum absolute atomic E-state index is 11.7. The summed E-state index contributed by atoms with van der Waals surface area (Å²) in [5.41, 5.74) is 0.920. The second-order valence-electron chi connectivity index (χ2n) is 4.63. The summed E-state index contributed by atoms with van der Waals surface area (Å²) in [6.07, 6.45) is -0.801. The van der Waals surface area contributed by atoms with Crippen molar-refractivity contribution in [3.63, 3.8) is 0 Å². The van der Waals surface area contributed by atoms with Crippen LogP contribution in [0.15, 0.2) is 36.4 Å². The first-order valence-electron chi connectivity index (χ1n) is 6.64. The molecule has 2 unspecified atom stereocenters. The molecule has 2 aromatic carbocycles. The van der Waals surface area contributed by atoms with Crippen molar-refractivity contribution in [2.24, 2.45) is 0 Å². The number of carbonyl (C=O) groups is 1. The Labute approximate surface area is 117 Å². The van der Waals surface area contributed by atoms with Crippen molar-refractivity contribution in [3.05, 3.63) is 42.0 Å². The number of methoxy groups -OCH3 is 1. The van der Waals surface area contributed by atoms with Gasteiger partial charge in [0.15, 0.2) is 6.10 Å². The molecule has 0 saturated carbocycles. The Bertz CT molecular complexity index is 650. The van der Waals surface area contributed by atoms with E-state index in [2.05, 4.69) is 0 Å². The van der Waals surface area contributed by atoms with Gasteiger partial charge >= 0.3 is 5.97 Å². The predicted molar refractivity (Wildman–Crippen MR) is 74.7 cm³/mol. The first-order valence-corrected chi connectivity index (χ1v) is 6.64. The Hall–Kier alpha value is -2.07. The van der Waals surface area contributed by atoms with Crippen LogP contribution in [0, 0.1) is 0 Å². The summed E-state index contributed by atoms with van der Waals surface area (Å²) in [5, 5.41) is 2.14. The van der Waals surface area contributed by atoms with E-state index in [1.165, 1.54) is 0 Å². The third-order valence-electron chi connectivity index (χ3n) is 3.45. The molecule has 0 N–H and O–H groups in total. The molecule has 1 fully saturated rings. The third-order valence-corrected chi connectivity index (χ3v) is 3.45. The van der Waals surface area contributed by atoms with E-state index < -0.39 is 6.10 Å². The Morgan fingerprint density at radius 1 is 1.25 bits per heavy atom. The minimum Gasteiger partial charge on any atom is -0.496 e. The summed E-state index contributed by atoms with van der Waals surface area (Å²) < 4.78 is 15.9. The molecule has 1 aliphatic heterocycles. The second-order valence-corrected chi connectivity index (χ2v) is 4.63. The van der Waals surface area contributed by atoms with E-state index in [0.717, 1.165) is 22.1 Å². The highest BCUT2D eigenvalue weighted by Gasteiger charge is 2.49. The average molecular weight is 272 g/mol. The number of fused-ring (bicyclic) bond motifs is 1. The van der Waals surface area contributed by atoms with Gasteiger partial charge in [-0.1, -0.05) is 30.3 Å². The molecule has 0 spiro atoms. The van der Waals surface area contributed by atoms with Gasteiger partial charge in [-0.25, -0.2) is 4.79 Å². The van der Waals surface area contributed by atoms with Gasteiger partial charge in [0.1, 0.15) is 11.9 Å². The van der Waals surface area contributed by atoms with Gasteiger partial charge < -0.3 is 14.2 Å². The van der Waals surface area contributed by atoms with Gasteiger partial charge in [-0.3, -0.25) is 0 Å². The van der Waals surface area contributed by atoms with Crippen molar-refractivity contribution >= 4 is 16.7 Å². The van der Waals surface area contributed by atoms with Gasteiger partial charge in [0.05, 0.1) is 13.7 Å². The SMILES string of the molecule is CCOC(=O)C1OC1c1c(OC)ccc2ccccc12. The van der Waals surface area contributed by atoms with Gasteiger partial charge in [-0.2, -0.15) is 0 Å². The molecule has 4 nitrogen and oxygen atoms in total. The number of benzene rings is 2. The molecule has 2 aromatic rings. The van der Waals surface area contributed by atoms with Gasteiger partial charge in [0.25, 0.3) is 0 Å². The number of ether oxygens (including phenoxy) is 3. The number of esters is 1. The molecule has 0 aromatic heterocycles. The molecule has 4 heteroatoms. The zero-order valence-electron chi connectivity index (χ0n) is 11.5. The van der Waals surface area contributed by atoms with E-state index >= 15 is 0 Å². The largest absolute Gasteiger partial charge is 0.496 e. The fourth-order valence-corrected chi connectivity index (χ4v) is 2.48. The normalized spacial score (nSPS) is 20.7. The monoisotopic (exact) mass is 272 g/mol. The molecule has 0 bridgehead atoms. The fraction of sp³-hybridized carbons (Fsp3) is 0.312. The lowest BCUT2D eigenvalue weighted by molar-refractivity contribution is -0.144. The lowest BCUT2D eigenvalue weighted by Crippen LogP contribution is -2.12. The number of hydrogen-bond donors (Lipinski definition) is 0. The van der Waals surface area contributed by atoms with Crippen LogP contribution in [0.4, 0.5) is 0 Å². The summed E-state index contributed by atoms with van der Waals surface area (Å²) in [6.45, 7) is 2.14. The van der Waals surface area contributed by atoms with E-state index in [4.69, 9.17) is 14.2 Å². The van der Waals surface area contributed by atoms with E-state index in [1.54, 1.807) is 14.0 Å². The zero-order chi connectivity index (χ0) is 14.1. The summed E-state index contributed by atoms with van der Waals surface area (Å²) in [4.78, 5) is 11.7. The average Bonchev–Trinajstić information content (AvgIpc) is 3.26. The second kappa shape index (κ2) is 5.13. The Morgan fingerprint density at radius 2 is 2.05 bits per heavy atom. The van der Waals surface area contributed by atoms with E-state index in [9.17, 15) is 4.79 Å². The summed E-state index contributed by atoms with van der Waals surface area (Å²) in [6, 6.07) is 11.9. The van der Waals surface area contributed by atoms with Crippen LogP contribution in [0.5, 0.6) is 5.75 Å². The van der Waals surface area contributed by atoms with Crippen LogP contribution in [0.1, 0.15) is 18.6 Å². The molecule has 2 atom stereocenters. The van der Waals surface area contributed by atoms with Crippen LogP contribution in [0.3, 0.4) is 0 Å². The minimum atomic E-state index is -0.519. The summed E-state index contributed by atoms with van der Waals surface area (Å²) in [5.74, 6) is 0.424. The van der Waals surface area contributed by atoms with Crippen LogP contribution < -0.4 is 4.74 Å². The maximum atomic E-state index is 11.7. The minimum absolute atomic E-state index is 0.282. The van der Waals surface area contributed by atoms with Crippen LogP contribution in [-0.4, -0.2) is 25.8 Å². The molecule has 0 aliphatic carbocycles. The molecule has 20 heavy (non-hydrogen) atoms. The zero-order valence-corrected chi connectivity index (χ0v) is 11.5. The van der Waals surface area contributed by atoms with Gasteiger partial charge in [0.2, 0.25) is 0 Å². The van der Waals surface area contributed by atoms with Crippen molar-refractivity contribution in [3.8, 4) is 5.75 Å². The van der Waals surface area contributed by atoms with E-state index in [1.807, 2.05) is 36.4 Å². The smallest absolute Gasteiger partial charge is 0.338 e. The fourth-order valence-electron chi connectivity index (χ4n) is 2.48. The molecule has 1 heterocycles. The van der Waals surface area contributed by atoms with Crippen LogP contribution >= 0.6 is 0 Å². The van der Waals surface area contributed by atoms with Crippen molar-refractivity contribution in [2.45, 2.75) is 19.1 Å². The molecule has 1 aliphatic rings. The van der Waals surface area contributed by atoms with Crippen molar-refractivity contribution in [2.75, 3.05) is 13.7 Å². The highest BCUT2D eigenvalue weighted by atomic mass is 16.6. The van der Waals surface area contributed by atoms with Gasteiger partial charge in [0, 0.05) is 5.56 Å². The number of rotatable bonds is 4. The molecule has 1 saturated heterocycles. The lowest BCUT2D eigenvalue weighted by Gasteiger charge is -2.10. The molecule has 0 radical (unpaired) electrons. The predicted octanol–water partition coefficient (Wildman–Crippen LogP) is 2.85. The molecule has 104 valence electrons. The van der Waals surface area contributed by atoms with Gasteiger partial charge in [-0.15, -0.1) is 0 Å². The molecule has 0 amide bonds. The Kier molecular flexibility index (Phi) is 3.32. The molecule has 3 rings (SSSR count). The number of epoxide rings is 1. The van der Waals surface area contributed by atoms with E-state index in [0.29, 0.717) is 6.61 Å². The third kappa shape index (κ3) is 2.12. The summed E-state index contributed by atoms with van der Waals surface area (Å²) in [7, 11) is 1.62. The van der Waals surface area contributed by atoms with Crippen LogP contribution in [0.2, 0.25) is 0 Å². The number of carbonyl (C=O) groups excluding carboxylic acids is 1. The van der Waals surface area contributed by atoms with Crippen molar-refractivity contribution in [1.29, 1.82) is 0 Å². The molecular weight excluding hydrogens is 256 g/mol. The quantitative estimate of drug-likeness (QED) is 0.634. The Balaban J connectivity index is 2.01. The topological polar surface area (TPSA) is 48.1 Å². The van der Waals surface area contributed by atoms with E-state index in [-0.39, 0.29) is 12.1 Å². The first kappa shape index (κ1) is 12.9. The van der Waals surface area contributed by atoms with Gasteiger partial charge in [-0.05, 0) is 23.8 Å². The number of hydrogen-bond acceptors (Lipinski definition) is 4.